The van der Waals surface area contributed by atoms with Crippen molar-refractivity contribution in [3.05, 3.63) is 21.9 Å². The minimum absolute atomic E-state index is 0.344. The van der Waals surface area contributed by atoms with Crippen molar-refractivity contribution in [2.45, 2.75) is 19.8 Å². The predicted molar refractivity (Wildman–Crippen MR) is 71.7 cm³/mol. The van der Waals surface area contributed by atoms with E-state index in [1.54, 1.807) is 11.3 Å². The van der Waals surface area contributed by atoms with Crippen LogP contribution in [-0.2, 0) is 17.6 Å². The Kier molecular flexibility index (Phi) is 4.71. The highest BCUT2D eigenvalue weighted by Crippen LogP contribution is 2.17. The molecule has 0 aromatic carbocycles. The molecule has 1 saturated heterocycles. The number of rotatable bonds is 5. The number of hydrogen-bond donors (Lipinski definition) is 1. The first kappa shape index (κ1) is 12.7. The van der Waals surface area contributed by atoms with Gasteiger partial charge in [-0.15, -0.1) is 11.3 Å². The van der Waals surface area contributed by atoms with E-state index in [1.165, 1.54) is 9.75 Å². The molecular weight excluding hydrogens is 232 g/mol. The van der Waals surface area contributed by atoms with Gasteiger partial charge in [0.05, 0.1) is 6.54 Å². The number of carbonyl (C=O) groups excluding carboxylic acids is 1. The van der Waals surface area contributed by atoms with Crippen LogP contribution in [0.3, 0.4) is 0 Å². The van der Waals surface area contributed by atoms with E-state index in [0.717, 1.165) is 32.6 Å². The lowest BCUT2D eigenvalue weighted by molar-refractivity contribution is -0.119. The molecule has 1 aromatic heterocycles. The summed E-state index contributed by atoms with van der Waals surface area (Å²) < 4.78 is 0. The van der Waals surface area contributed by atoms with Crippen molar-refractivity contribution in [1.82, 2.24) is 10.2 Å². The summed E-state index contributed by atoms with van der Waals surface area (Å²) in [7, 11) is 0. The van der Waals surface area contributed by atoms with Gasteiger partial charge in [0.25, 0.3) is 0 Å². The van der Waals surface area contributed by atoms with Gasteiger partial charge in [0.15, 0.2) is 5.78 Å². The molecule has 94 valence electrons. The predicted octanol–water partition coefficient (Wildman–Crippen LogP) is 1.33. The van der Waals surface area contributed by atoms with Crippen LogP contribution in [0.5, 0.6) is 0 Å². The van der Waals surface area contributed by atoms with Gasteiger partial charge in [-0.2, -0.15) is 0 Å². The average molecular weight is 252 g/mol. The van der Waals surface area contributed by atoms with Gasteiger partial charge in [0, 0.05) is 42.4 Å². The average Bonchev–Trinajstić information content (AvgIpc) is 2.78. The molecule has 0 aliphatic carbocycles. The van der Waals surface area contributed by atoms with Crippen LogP contribution in [-0.4, -0.2) is 43.4 Å². The lowest BCUT2D eigenvalue weighted by atomic mass is 10.2. The Labute approximate surface area is 107 Å². The molecule has 1 aliphatic heterocycles. The molecule has 2 rings (SSSR count). The molecule has 0 bridgehead atoms. The second kappa shape index (κ2) is 6.28. The largest absolute Gasteiger partial charge is 0.314 e. The summed E-state index contributed by atoms with van der Waals surface area (Å²) >= 11 is 1.77. The third-order valence-corrected chi connectivity index (χ3v) is 4.28. The van der Waals surface area contributed by atoms with Gasteiger partial charge in [-0.1, -0.05) is 6.92 Å². The molecule has 1 fully saturated rings. The number of Topliss-reactive ketones (excluding diaryl/α,β-unsaturated/α-hetero) is 1. The van der Waals surface area contributed by atoms with Crippen molar-refractivity contribution in [3.8, 4) is 0 Å². The lowest BCUT2D eigenvalue weighted by Crippen LogP contribution is -2.45. The summed E-state index contributed by atoms with van der Waals surface area (Å²) in [4.78, 5) is 16.7. The third kappa shape index (κ3) is 3.91. The van der Waals surface area contributed by atoms with Gasteiger partial charge in [-0.25, -0.2) is 0 Å². The number of piperazine rings is 1. The van der Waals surface area contributed by atoms with Crippen LogP contribution in [0, 0.1) is 0 Å². The summed E-state index contributed by atoms with van der Waals surface area (Å²) in [6.45, 7) is 6.77. The standard InChI is InChI=1S/C13H20N2OS/c1-2-12-3-4-13(17-12)9-11(16)10-15-7-5-14-6-8-15/h3-4,14H,2,5-10H2,1H3. The Hall–Kier alpha value is -0.710. The number of hydrogen-bond acceptors (Lipinski definition) is 4. The Morgan fingerprint density at radius 1 is 1.35 bits per heavy atom. The third-order valence-electron chi connectivity index (χ3n) is 3.05. The van der Waals surface area contributed by atoms with Crippen LogP contribution in [0.4, 0.5) is 0 Å². The van der Waals surface area contributed by atoms with E-state index in [2.05, 4.69) is 29.3 Å². The molecule has 1 aliphatic rings. The Bertz CT molecular complexity index is 369. The Morgan fingerprint density at radius 3 is 2.71 bits per heavy atom. The lowest BCUT2D eigenvalue weighted by Gasteiger charge is -2.26. The molecular formula is C13H20N2OS. The maximum atomic E-state index is 11.9. The van der Waals surface area contributed by atoms with Crippen molar-refractivity contribution in [1.29, 1.82) is 0 Å². The van der Waals surface area contributed by atoms with Gasteiger partial charge >= 0.3 is 0 Å². The molecule has 0 saturated carbocycles. The van der Waals surface area contributed by atoms with E-state index in [1.807, 2.05) is 0 Å². The van der Waals surface area contributed by atoms with Crippen LogP contribution < -0.4 is 5.32 Å². The zero-order valence-corrected chi connectivity index (χ0v) is 11.2. The van der Waals surface area contributed by atoms with Crippen LogP contribution in [0.15, 0.2) is 12.1 Å². The molecule has 2 heterocycles. The van der Waals surface area contributed by atoms with E-state index in [0.29, 0.717) is 18.7 Å². The van der Waals surface area contributed by atoms with Gasteiger partial charge in [-0.05, 0) is 18.6 Å². The van der Waals surface area contributed by atoms with Crippen molar-refractivity contribution >= 4 is 17.1 Å². The zero-order valence-electron chi connectivity index (χ0n) is 10.4. The summed E-state index contributed by atoms with van der Waals surface area (Å²) in [5, 5.41) is 3.30. The van der Waals surface area contributed by atoms with Crippen LogP contribution in [0.25, 0.3) is 0 Å². The second-order valence-corrected chi connectivity index (χ2v) is 5.72. The fraction of sp³-hybridized carbons (Fsp3) is 0.615. The highest BCUT2D eigenvalue weighted by molar-refractivity contribution is 7.12. The molecule has 1 N–H and O–H groups in total. The quantitative estimate of drug-likeness (QED) is 0.858. The van der Waals surface area contributed by atoms with E-state index in [-0.39, 0.29) is 0 Å². The zero-order chi connectivity index (χ0) is 12.1. The monoisotopic (exact) mass is 252 g/mol. The maximum absolute atomic E-state index is 11.9. The highest BCUT2D eigenvalue weighted by atomic mass is 32.1. The maximum Gasteiger partial charge on any atom is 0.152 e. The van der Waals surface area contributed by atoms with Crippen molar-refractivity contribution in [3.63, 3.8) is 0 Å². The smallest absolute Gasteiger partial charge is 0.152 e. The molecule has 4 heteroatoms. The normalized spacial score (nSPS) is 17.2. The van der Waals surface area contributed by atoms with Gasteiger partial charge < -0.3 is 5.32 Å². The first-order valence-electron chi connectivity index (χ1n) is 6.30. The first-order valence-corrected chi connectivity index (χ1v) is 7.12. The number of ketones is 1. The molecule has 0 radical (unpaired) electrons. The minimum Gasteiger partial charge on any atom is -0.314 e. The topological polar surface area (TPSA) is 32.3 Å². The summed E-state index contributed by atoms with van der Waals surface area (Å²) in [6.07, 6.45) is 1.67. The summed E-state index contributed by atoms with van der Waals surface area (Å²) in [5.41, 5.74) is 0. The van der Waals surface area contributed by atoms with Crippen LogP contribution in [0.1, 0.15) is 16.7 Å². The molecule has 0 atom stereocenters. The number of nitrogens with one attached hydrogen (secondary N) is 1. The molecule has 17 heavy (non-hydrogen) atoms. The number of aryl methyl sites for hydroxylation is 1. The number of thiophene rings is 1. The molecule has 0 unspecified atom stereocenters. The highest BCUT2D eigenvalue weighted by Gasteiger charge is 2.14. The molecule has 0 amide bonds. The fourth-order valence-corrected chi connectivity index (χ4v) is 3.06. The van der Waals surface area contributed by atoms with Crippen molar-refractivity contribution in [2.24, 2.45) is 0 Å². The Balaban J connectivity index is 1.79. The molecule has 1 aromatic rings. The first-order chi connectivity index (χ1) is 8.28. The van der Waals surface area contributed by atoms with E-state index in [4.69, 9.17) is 0 Å². The van der Waals surface area contributed by atoms with Crippen molar-refractivity contribution in [2.75, 3.05) is 32.7 Å². The fourth-order valence-electron chi connectivity index (χ4n) is 2.08. The van der Waals surface area contributed by atoms with Gasteiger partial charge in [0.2, 0.25) is 0 Å². The van der Waals surface area contributed by atoms with Gasteiger partial charge in [0.1, 0.15) is 0 Å². The second-order valence-electron chi connectivity index (χ2n) is 4.46. The minimum atomic E-state index is 0.344. The van der Waals surface area contributed by atoms with E-state index in [9.17, 15) is 4.79 Å². The molecule has 0 spiro atoms. The van der Waals surface area contributed by atoms with Gasteiger partial charge in [-0.3, -0.25) is 9.69 Å². The Morgan fingerprint density at radius 2 is 2.06 bits per heavy atom. The number of carbonyl (C=O) groups is 1. The SMILES string of the molecule is CCc1ccc(CC(=O)CN2CCNCC2)s1. The summed E-state index contributed by atoms with van der Waals surface area (Å²) in [5.74, 6) is 0.344. The summed E-state index contributed by atoms with van der Waals surface area (Å²) in [6, 6.07) is 4.23. The number of nitrogens with zero attached hydrogens (tertiary/aromatic N) is 1. The van der Waals surface area contributed by atoms with Crippen LogP contribution >= 0.6 is 11.3 Å². The molecule has 3 nitrogen and oxygen atoms in total. The van der Waals surface area contributed by atoms with E-state index >= 15 is 0 Å². The van der Waals surface area contributed by atoms with E-state index < -0.39 is 0 Å². The van der Waals surface area contributed by atoms with Crippen molar-refractivity contribution < 1.29 is 4.79 Å². The van der Waals surface area contributed by atoms with Crippen LogP contribution in [0.2, 0.25) is 0 Å².